The lowest BCUT2D eigenvalue weighted by atomic mass is 9.65. The molecule has 0 radical (unpaired) electrons. The van der Waals surface area contributed by atoms with Crippen molar-refractivity contribution in [2.75, 3.05) is 0 Å². The zero-order chi connectivity index (χ0) is 14.2. The third kappa shape index (κ3) is 2.54. The van der Waals surface area contributed by atoms with Crippen molar-refractivity contribution in [1.29, 1.82) is 0 Å². The van der Waals surface area contributed by atoms with Crippen molar-refractivity contribution in [2.24, 2.45) is 23.2 Å². The minimum Gasteiger partial charge on any atom is -0.388 e. The van der Waals surface area contributed by atoms with E-state index in [1.165, 1.54) is 12.0 Å². The van der Waals surface area contributed by atoms with Crippen LogP contribution in [0.5, 0.6) is 0 Å². The second-order valence-corrected chi connectivity index (χ2v) is 7.06. The van der Waals surface area contributed by atoms with Crippen molar-refractivity contribution >= 4 is 0 Å². The summed E-state index contributed by atoms with van der Waals surface area (Å²) in [5.41, 5.74) is 3.15. The van der Waals surface area contributed by atoms with Crippen LogP contribution in [0, 0.1) is 23.2 Å². The van der Waals surface area contributed by atoms with Crippen LogP contribution in [0.3, 0.4) is 0 Å². The maximum Gasteiger partial charge on any atom is 0.0778 e. The highest BCUT2D eigenvalue weighted by atomic mass is 16.3. The zero-order valence-corrected chi connectivity index (χ0v) is 13.2. The fourth-order valence-electron chi connectivity index (χ4n) is 4.08. The molecule has 2 aliphatic rings. The summed E-state index contributed by atoms with van der Waals surface area (Å²) in [4.78, 5) is 0. The monoisotopic (exact) mass is 262 g/mol. The quantitative estimate of drug-likeness (QED) is 0.729. The van der Waals surface area contributed by atoms with E-state index in [2.05, 4.69) is 46.8 Å². The molecule has 0 amide bonds. The molecule has 0 aliphatic heterocycles. The summed E-state index contributed by atoms with van der Waals surface area (Å²) in [5, 5.41) is 10.4. The van der Waals surface area contributed by atoms with Crippen LogP contribution in [0.4, 0.5) is 0 Å². The molecule has 0 saturated carbocycles. The third-order valence-electron chi connectivity index (χ3n) is 5.90. The molecular weight excluding hydrogens is 232 g/mol. The Labute approximate surface area is 118 Å². The van der Waals surface area contributed by atoms with Gasteiger partial charge >= 0.3 is 0 Å². The Morgan fingerprint density at radius 1 is 1.32 bits per heavy atom. The van der Waals surface area contributed by atoms with Gasteiger partial charge in [0.05, 0.1) is 6.10 Å². The SMILES string of the molecule is CCC1=CC(C2CC=C(C)C2(C)C)CC(CC)C1O. The Balaban J connectivity index is 2.24. The summed E-state index contributed by atoms with van der Waals surface area (Å²) in [6.45, 7) is 11.4. The topological polar surface area (TPSA) is 20.2 Å². The van der Waals surface area contributed by atoms with Crippen molar-refractivity contribution < 1.29 is 5.11 Å². The van der Waals surface area contributed by atoms with Gasteiger partial charge in [0.25, 0.3) is 0 Å². The first-order valence-corrected chi connectivity index (χ1v) is 7.97. The Morgan fingerprint density at radius 2 is 2.00 bits per heavy atom. The summed E-state index contributed by atoms with van der Waals surface area (Å²) in [6, 6.07) is 0. The summed E-state index contributed by atoms with van der Waals surface area (Å²) in [7, 11) is 0. The molecule has 19 heavy (non-hydrogen) atoms. The van der Waals surface area contributed by atoms with Gasteiger partial charge < -0.3 is 5.11 Å². The number of aliphatic hydroxyl groups excluding tert-OH is 1. The van der Waals surface area contributed by atoms with Gasteiger partial charge in [-0.15, -0.1) is 0 Å². The predicted octanol–water partition coefficient (Wildman–Crippen LogP) is 4.72. The minimum absolute atomic E-state index is 0.190. The largest absolute Gasteiger partial charge is 0.388 e. The van der Waals surface area contributed by atoms with Gasteiger partial charge in [0.1, 0.15) is 0 Å². The molecule has 0 aromatic rings. The molecule has 1 heteroatoms. The molecule has 0 heterocycles. The van der Waals surface area contributed by atoms with Gasteiger partial charge in [-0.05, 0) is 54.9 Å². The van der Waals surface area contributed by atoms with Gasteiger partial charge in [-0.1, -0.05) is 51.8 Å². The normalized spacial score (nSPS) is 38.0. The summed E-state index contributed by atoms with van der Waals surface area (Å²) in [5.74, 6) is 1.82. The second-order valence-electron chi connectivity index (χ2n) is 7.06. The lowest BCUT2D eigenvalue weighted by Gasteiger charge is -2.40. The van der Waals surface area contributed by atoms with Crippen LogP contribution in [0.25, 0.3) is 0 Å². The van der Waals surface area contributed by atoms with E-state index in [1.54, 1.807) is 5.57 Å². The molecule has 0 bridgehead atoms. The first-order chi connectivity index (χ1) is 8.91. The molecule has 4 atom stereocenters. The maximum absolute atomic E-state index is 10.4. The van der Waals surface area contributed by atoms with Crippen molar-refractivity contribution in [3.05, 3.63) is 23.3 Å². The molecule has 2 aliphatic carbocycles. The van der Waals surface area contributed by atoms with E-state index in [0.717, 1.165) is 25.2 Å². The number of hydrogen-bond acceptors (Lipinski definition) is 1. The Hall–Kier alpha value is -0.560. The molecule has 2 rings (SSSR count). The average molecular weight is 262 g/mol. The fourth-order valence-corrected chi connectivity index (χ4v) is 4.08. The van der Waals surface area contributed by atoms with Crippen LogP contribution < -0.4 is 0 Å². The molecule has 0 saturated heterocycles. The van der Waals surface area contributed by atoms with Gasteiger partial charge in [0.2, 0.25) is 0 Å². The van der Waals surface area contributed by atoms with Crippen LogP contribution >= 0.6 is 0 Å². The Morgan fingerprint density at radius 3 is 2.47 bits per heavy atom. The summed E-state index contributed by atoms with van der Waals surface area (Å²) in [6.07, 6.45) is 9.11. The molecule has 1 N–H and O–H groups in total. The molecule has 0 spiro atoms. The number of aliphatic hydroxyl groups is 1. The number of allylic oxidation sites excluding steroid dienone is 3. The lowest BCUT2D eigenvalue weighted by Crippen LogP contribution is -2.35. The van der Waals surface area contributed by atoms with Crippen LogP contribution in [0.15, 0.2) is 23.3 Å². The smallest absolute Gasteiger partial charge is 0.0778 e. The van der Waals surface area contributed by atoms with Gasteiger partial charge in [0, 0.05) is 0 Å². The molecule has 0 aromatic heterocycles. The highest BCUT2D eigenvalue weighted by molar-refractivity contribution is 5.24. The van der Waals surface area contributed by atoms with Gasteiger partial charge in [0.15, 0.2) is 0 Å². The minimum atomic E-state index is -0.190. The van der Waals surface area contributed by atoms with E-state index in [1.807, 2.05) is 0 Å². The molecule has 0 fully saturated rings. The highest BCUT2D eigenvalue weighted by Crippen LogP contribution is 2.50. The van der Waals surface area contributed by atoms with Crippen molar-refractivity contribution in [3.63, 3.8) is 0 Å². The second kappa shape index (κ2) is 5.44. The van der Waals surface area contributed by atoms with Crippen molar-refractivity contribution in [2.45, 2.75) is 66.4 Å². The van der Waals surface area contributed by atoms with Gasteiger partial charge in [-0.3, -0.25) is 0 Å². The standard InChI is InChI=1S/C18H30O/c1-6-13-10-15(11-14(7-2)17(13)19)16-9-8-12(3)18(16,4)5/h8,10,14-17,19H,6-7,9,11H2,1-5H3. The van der Waals surface area contributed by atoms with Crippen LogP contribution in [0.2, 0.25) is 0 Å². The molecular formula is C18H30O. The van der Waals surface area contributed by atoms with Crippen molar-refractivity contribution in [1.82, 2.24) is 0 Å². The van der Waals surface area contributed by atoms with E-state index in [4.69, 9.17) is 0 Å². The van der Waals surface area contributed by atoms with Gasteiger partial charge in [-0.25, -0.2) is 0 Å². The van der Waals surface area contributed by atoms with Crippen LogP contribution in [-0.4, -0.2) is 11.2 Å². The Bertz CT molecular complexity index is 388. The predicted molar refractivity (Wildman–Crippen MR) is 81.9 cm³/mol. The number of rotatable bonds is 3. The van der Waals surface area contributed by atoms with Crippen molar-refractivity contribution in [3.8, 4) is 0 Å². The fraction of sp³-hybridized carbons (Fsp3) is 0.778. The first kappa shape index (κ1) is 14.8. The maximum atomic E-state index is 10.4. The van der Waals surface area contributed by atoms with E-state index >= 15 is 0 Å². The zero-order valence-electron chi connectivity index (χ0n) is 13.2. The summed E-state index contributed by atoms with van der Waals surface area (Å²) < 4.78 is 0. The molecule has 0 aromatic carbocycles. The first-order valence-electron chi connectivity index (χ1n) is 7.97. The van der Waals surface area contributed by atoms with E-state index in [9.17, 15) is 5.11 Å². The van der Waals surface area contributed by atoms with E-state index in [0.29, 0.717) is 17.3 Å². The third-order valence-corrected chi connectivity index (χ3v) is 5.90. The Kier molecular flexibility index (Phi) is 4.25. The number of hydrogen-bond donors (Lipinski definition) is 1. The van der Waals surface area contributed by atoms with E-state index < -0.39 is 0 Å². The summed E-state index contributed by atoms with van der Waals surface area (Å²) >= 11 is 0. The highest BCUT2D eigenvalue weighted by Gasteiger charge is 2.42. The van der Waals surface area contributed by atoms with Crippen LogP contribution in [-0.2, 0) is 0 Å². The molecule has 4 unspecified atom stereocenters. The molecule has 108 valence electrons. The molecule has 1 nitrogen and oxygen atoms in total. The average Bonchev–Trinajstić information content (AvgIpc) is 2.65. The lowest BCUT2D eigenvalue weighted by molar-refractivity contribution is 0.0878. The van der Waals surface area contributed by atoms with Crippen LogP contribution in [0.1, 0.15) is 60.3 Å². The van der Waals surface area contributed by atoms with Gasteiger partial charge in [-0.2, -0.15) is 0 Å². The van der Waals surface area contributed by atoms with E-state index in [-0.39, 0.29) is 6.10 Å².